The maximum absolute atomic E-state index is 12.6. The highest BCUT2D eigenvalue weighted by atomic mass is 16.2. The smallest absolute Gasteiger partial charge is 0.316 e. The first-order valence-electron chi connectivity index (χ1n) is 8.71. The predicted molar refractivity (Wildman–Crippen MR) is 103 cm³/mol. The van der Waals surface area contributed by atoms with Crippen molar-refractivity contribution in [3.05, 3.63) is 59.3 Å². The number of primary amides is 1. The molecule has 132 valence electrons. The molecule has 0 saturated carbocycles. The summed E-state index contributed by atoms with van der Waals surface area (Å²) in [5, 5.41) is 6.50. The summed E-state index contributed by atoms with van der Waals surface area (Å²) in [6.45, 7) is 0. The third kappa shape index (κ3) is 3.13. The number of nitrogens with two attached hydrogens (primary N) is 1. The number of aromatic amines is 1. The van der Waals surface area contributed by atoms with Crippen LogP contribution in [0.3, 0.4) is 0 Å². The standard InChI is InChI=1S/C20H20N4O2/c21-20(26)23-14-5-3-4-13(11-14)22-19(25)12-8-9-18-16(10-12)15-6-1-2-7-17(15)24-18/h3-5,8-11,24H,1-2,6-7H2,(H,22,25)(H3,21,23,26). The molecule has 0 bridgehead atoms. The molecule has 1 heterocycles. The minimum absolute atomic E-state index is 0.186. The van der Waals surface area contributed by atoms with Crippen LogP contribution in [0.4, 0.5) is 16.2 Å². The first-order valence-corrected chi connectivity index (χ1v) is 8.71. The van der Waals surface area contributed by atoms with E-state index in [2.05, 4.69) is 15.6 Å². The second kappa shape index (κ2) is 6.55. The molecule has 0 atom stereocenters. The van der Waals surface area contributed by atoms with Gasteiger partial charge >= 0.3 is 6.03 Å². The summed E-state index contributed by atoms with van der Waals surface area (Å²) in [7, 11) is 0. The van der Waals surface area contributed by atoms with E-state index in [1.807, 2.05) is 18.2 Å². The molecule has 1 aliphatic rings. The van der Waals surface area contributed by atoms with Crippen LogP contribution in [-0.2, 0) is 12.8 Å². The van der Waals surface area contributed by atoms with Crippen LogP contribution in [0.2, 0.25) is 0 Å². The van der Waals surface area contributed by atoms with Crippen LogP contribution in [-0.4, -0.2) is 16.9 Å². The molecule has 0 radical (unpaired) electrons. The Kier molecular flexibility index (Phi) is 4.08. The molecule has 4 rings (SSSR count). The lowest BCUT2D eigenvalue weighted by molar-refractivity contribution is 0.102. The van der Waals surface area contributed by atoms with Gasteiger partial charge in [0.25, 0.3) is 5.91 Å². The summed E-state index contributed by atoms with van der Waals surface area (Å²) >= 11 is 0. The van der Waals surface area contributed by atoms with Crippen molar-refractivity contribution in [3.8, 4) is 0 Å². The predicted octanol–water partition coefficient (Wildman–Crippen LogP) is 3.79. The molecule has 0 aliphatic heterocycles. The van der Waals surface area contributed by atoms with E-state index in [0.29, 0.717) is 16.9 Å². The quantitative estimate of drug-likeness (QED) is 0.579. The van der Waals surface area contributed by atoms with Gasteiger partial charge in [0.1, 0.15) is 0 Å². The number of anilines is 2. The average Bonchev–Trinajstić information content (AvgIpc) is 2.99. The van der Waals surface area contributed by atoms with Gasteiger partial charge in [0.05, 0.1) is 0 Å². The van der Waals surface area contributed by atoms with Gasteiger partial charge in [0.15, 0.2) is 0 Å². The fourth-order valence-corrected chi connectivity index (χ4v) is 3.57. The van der Waals surface area contributed by atoms with Gasteiger partial charge in [0, 0.05) is 33.5 Å². The Bertz CT molecular complexity index is 1010. The molecule has 6 nitrogen and oxygen atoms in total. The fourth-order valence-electron chi connectivity index (χ4n) is 3.57. The Morgan fingerprint density at radius 3 is 2.54 bits per heavy atom. The van der Waals surface area contributed by atoms with Gasteiger partial charge in [0.2, 0.25) is 0 Å². The molecular formula is C20H20N4O2. The molecular weight excluding hydrogens is 328 g/mol. The van der Waals surface area contributed by atoms with Crippen molar-refractivity contribution in [1.29, 1.82) is 0 Å². The maximum Gasteiger partial charge on any atom is 0.316 e. The Morgan fingerprint density at radius 2 is 1.73 bits per heavy atom. The highest BCUT2D eigenvalue weighted by molar-refractivity contribution is 6.07. The zero-order valence-electron chi connectivity index (χ0n) is 14.3. The Hall–Kier alpha value is -3.28. The van der Waals surface area contributed by atoms with Crippen LogP contribution in [0.15, 0.2) is 42.5 Å². The number of aryl methyl sites for hydroxylation is 2. The van der Waals surface area contributed by atoms with E-state index in [9.17, 15) is 9.59 Å². The van der Waals surface area contributed by atoms with E-state index in [1.165, 1.54) is 24.1 Å². The molecule has 1 aromatic heterocycles. The number of hydrogen-bond donors (Lipinski definition) is 4. The molecule has 2 aromatic carbocycles. The molecule has 3 aromatic rings. The number of hydrogen-bond acceptors (Lipinski definition) is 2. The molecule has 5 N–H and O–H groups in total. The van der Waals surface area contributed by atoms with Gasteiger partial charge < -0.3 is 21.4 Å². The molecule has 26 heavy (non-hydrogen) atoms. The van der Waals surface area contributed by atoms with Gasteiger partial charge in [-0.25, -0.2) is 4.79 Å². The number of nitrogens with one attached hydrogen (secondary N) is 3. The van der Waals surface area contributed by atoms with Gasteiger partial charge in [-0.05, 0) is 67.6 Å². The summed E-state index contributed by atoms with van der Waals surface area (Å²) in [5.74, 6) is -0.186. The Labute approximate surface area is 150 Å². The van der Waals surface area contributed by atoms with Gasteiger partial charge in [-0.2, -0.15) is 0 Å². The van der Waals surface area contributed by atoms with Crippen LogP contribution < -0.4 is 16.4 Å². The SMILES string of the molecule is NC(=O)Nc1cccc(NC(=O)c2ccc3[nH]c4c(c3c2)CCCC4)c1. The van der Waals surface area contributed by atoms with Crippen LogP contribution in [0.25, 0.3) is 10.9 Å². The average molecular weight is 348 g/mol. The number of amides is 3. The number of urea groups is 1. The van der Waals surface area contributed by atoms with Gasteiger partial charge in [-0.1, -0.05) is 6.07 Å². The summed E-state index contributed by atoms with van der Waals surface area (Å²) < 4.78 is 0. The summed E-state index contributed by atoms with van der Waals surface area (Å²) in [6, 6.07) is 12.0. The third-order valence-corrected chi connectivity index (χ3v) is 4.75. The maximum atomic E-state index is 12.6. The molecule has 3 amide bonds. The van der Waals surface area contributed by atoms with E-state index < -0.39 is 6.03 Å². The number of carbonyl (C=O) groups excluding carboxylic acids is 2. The van der Waals surface area contributed by atoms with Crippen molar-refractivity contribution >= 4 is 34.2 Å². The molecule has 0 fully saturated rings. The largest absolute Gasteiger partial charge is 0.358 e. The van der Waals surface area contributed by atoms with Crippen LogP contribution in [0.5, 0.6) is 0 Å². The number of rotatable bonds is 3. The number of fused-ring (bicyclic) bond motifs is 3. The summed E-state index contributed by atoms with van der Waals surface area (Å²) in [4.78, 5) is 27.1. The van der Waals surface area contributed by atoms with Crippen LogP contribution in [0.1, 0.15) is 34.5 Å². The lowest BCUT2D eigenvalue weighted by Crippen LogP contribution is -2.19. The molecule has 0 saturated heterocycles. The lowest BCUT2D eigenvalue weighted by atomic mass is 9.95. The molecule has 1 aliphatic carbocycles. The normalized spacial score (nSPS) is 13.2. The number of H-pyrrole nitrogens is 1. The minimum atomic E-state index is -0.642. The van der Waals surface area contributed by atoms with E-state index in [-0.39, 0.29) is 5.91 Å². The van der Waals surface area contributed by atoms with Crippen molar-refractivity contribution in [3.63, 3.8) is 0 Å². The van der Waals surface area contributed by atoms with Crippen LogP contribution in [0, 0.1) is 0 Å². The van der Waals surface area contributed by atoms with E-state index >= 15 is 0 Å². The first-order chi connectivity index (χ1) is 12.6. The van der Waals surface area contributed by atoms with Crippen molar-refractivity contribution in [1.82, 2.24) is 4.98 Å². The monoisotopic (exact) mass is 348 g/mol. The van der Waals surface area contributed by atoms with Gasteiger partial charge in [-0.3, -0.25) is 4.79 Å². The van der Waals surface area contributed by atoms with E-state index in [1.54, 1.807) is 24.3 Å². The van der Waals surface area contributed by atoms with E-state index in [0.717, 1.165) is 23.7 Å². The number of carbonyl (C=O) groups is 2. The van der Waals surface area contributed by atoms with Crippen molar-refractivity contribution in [2.45, 2.75) is 25.7 Å². The number of benzene rings is 2. The van der Waals surface area contributed by atoms with Gasteiger partial charge in [-0.15, -0.1) is 0 Å². The zero-order valence-corrected chi connectivity index (χ0v) is 14.3. The summed E-state index contributed by atoms with van der Waals surface area (Å²) in [5.41, 5.74) is 10.6. The molecule has 0 spiro atoms. The zero-order chi connectivity index (χ0) is 18.1. The summed E-state index contributed by atoms with van der Waals surface area (Å²) in [6.07, 6.45) is 4.53. The lowest BCUT2D eigenvalue weighted by Gasteiger charge is -2.11. The fraction of sp³-hybridized carbons (Fsp3) is 0.200. The molecule has 6 heteroatoms. The minimum Gasteiger partial charge on any atom is -0.358 e. The Balaban J connectivity index is 1.59. The van der Waals surface area contributed by atoms with E-state index in [4.69, 9.17) is 5.73 Å². The third-order valence-electron chi connectivity index (χ3n) is 4.75. The highest BCUT2D eigenvalue weighted by Crippen LogP contribution is 2.30. The topological polar surface area (TPSA) is 100 Å². The number of aromatic nitrogens is 1. The van der Waals surface area contributed by atoms with Crippen LogP contribution >= 0.6 is 0 Å². The Morgan fingerprint density at radius 1 is 0.962 bits per heavy atom. The second-order valence-electron chi connectivity index (χ2n) is 6.57. The first kappa shape index (κ1) is 16.2. The van der Waals surface area contributed by atoms with Crippen molar-refractivity contribution in [2.24, 2.45) is 5.73 Å². The highest BCUT2D eigenvalue weighted by Gasteiger charge is 2.17. The second-order valence-corrected chi connectivity index (χ2v) is 6.57. The van der Waals surface area contributed by atoms with Crippen molar-refractivity contribution in [2.75, 3.05) is 10.6 Å². The molecule has 0 unspecified atom stereocenters. The van der Waals surface area contributed by atoms with Crippen molar-refractivity contribution < 1.29 is 9.59 Å².